The van der Waals surface area contributed by atoms with E-state index in [1.165, 1.54) is 0 Å². The van der Waals surface area contributed by atoms with Gasteiger partial charge in [0.25, 0.3) is 0 Å². The first-order valence-corrected chi connectivity index (χ1v) is 21.3. The van der Waals surface area contributed by atoms with E-state index in [0.717, 1.165) is 89.9 Å². The standard InChI is InChI=1S/C41H82O11/c1-9-16-23-43-30-34(51-40(49-29-22-15-7)36(46-26-19-12-4)32-45-25-18-11-3)33(8)50-41-39(48-28-21-14-6)38(47-27-20-13-5)37(42)35(52-41)31-44-24-17-10-2/h33-42H,9-32H2,1-8H3/t33-,34?,35?,36-,37-,38?,39-,40+,41+/m0/s1. The Morgan fingerprint density at radius 3 is 1.56 bits per heavy atom. The summed E-state index contributed by atoms with van der Waals surface area (Å²) in [5.74, 6) is 0. The molecular weight excluding hydrogens is 668 g/mol. The van der Waals surface area contributed by atoms with Gasteiger partial charge in [0.2, 0.25) is 0 Å². The third-order valence-corrected chi connectivity index (χ3v) is 9.10. The van der Waals surface area contributed by atoms with E-state index in [1.54, 1.807) is 0 Å². The van der Waals surface area contributed by atoms with Crippen molar-refractivity contribution in [1.29, 1.82) is 0 Å². The van der Waals surface area contributed by atoms with Crippen molar-refractivity contribution >= 4 is 0 Å². The van der Waals surface area contributed by atoms with Crippen LogP contribution in [0.4, 0.5) is 0 Å². The number of ether oxygens (including phenoxy) is 10. The van der Waals surface area contributed by atoms with Gasteiger partial charge in [-0.2, -0.15) is 0 Å². The monoisotopic (exact) mass is 751 g/mol. The summed E-state index contributed by atoms with van der Waals surface area (Å²) in [4.78, 5) is 0. The van der Waals surface area contributed by atoms with Gasteiger partial charge in [0.15, 0.2) is 12.6 Å². The van der Waals surface area contributed by atoms with Gasteiger partial charge in [-0.25, -0.2) is 0 Å². The number of aliphatic hydroxyl groups excluding tert-OH is 1. The quantitative estimate of drug-likeness (QED) is 0.0492. The van der Waals surface area contributed by atoms with Gasteiger partial charge in [0.1, 0.15) is 36.6 Å². The molecule has 312 valence electrons. The molecule has 3 unspecified atom stereocenters. The third kappa shape index (κ3) is 21.6. The summed E-state index contributed by atoms with van der Waals surface area (Å²) in [5.41, 5.74) is 0. The van der Waals surface area contributed by atoms with Crippen molar-refractivity contribution in [2.75, 3.05) is 66.1 Å². The fourth-order valence-corrected chi connectivity index (χ4v) is 5.49. The highest BCUT2D eigenvalue weighted by atomic mass is 16.7. The topological polar surface area (TPSA) is 113 Å². The summed E-state index contributed by atoms with van der Waals surface area (Å²) in [6.07, 6.45) is 7.67. The lowest BCUT2D eigenvalue weighted by atomic mass is 9.98. The summed E-state index contributed by atoms with van der Waals surface area (Å²) >= 11 is 0. The van der Waals surface area contributed by atoms with Crippen LogP contribution in [-0.4, -0.2) is 126 Å². The van der Waals surface area contributed by atoms with Crippen molar-refractivity contribution in [2.24, 2.45) is 0 Å². The van der Waals surface area contributed by atoms with E-state index < -0.39 is 55.3 Å². The van der Waals surface area contributed by atoms with Crippen molar-refractivity contribution < 1.29 is 52.5 Å². The number of rotatable bonds is 37. The molecule has 0 saturated carbocycles. The number of hydrogen-bond donors (Lipinski definition) is 1. The Balaban J connectivity index is 3.41. The van der Waals surface area contributed by atoms with E-state index in [9.17, 15) is 5.11 Å². The van der Waals surface area contributed by atoms with Crippen LogP contribution in [0, 0.1) is 0 Å². The van der Waals surface area contributed by atoms with Crippen LogP contribution in [0.15, 0.2) is 0 Å². The van der Waals surface area contributed by atoms with Crippen LogP contribution < -0.4 is 0 Å². The van der Waals surface area contributed by atoms with Crippen molar-refractivity contribution in [2.45, 2.75) is 201 Å². The Labute approximate surface area is 318 Å². The minimum Gasteiger partial charge on any atom is -0.387 e. The fourth-order valence-electron chi connectivity index (χ4n) is 5.49. The van der Waals surface area contributed by atoms with Gasteiger partial charge < -0.3 is 52.5 Å². The molecule has 0 aromatic carbocycles. The van der Waals surface area contributed by atoms with Crippen LogP contribution in [0.25, 0.3) is 0 Å². The second-order valence-corrected chi connectivity index (χ2v) is 14.1. The van der Waals surface area contributed by atoms with Crippen LogP contribution in [0.2, 0.25) is 0 Å². The molecule has 0 radical (unpaired) electrons. The van der Waals surface area contributed by atoms with E-state index in [0.29, 0.717) is 59.5 Å². The molecule has 0 bridgehead atoms. The molecule has 1 aliphatic rings. The van der Waals surface area contributed by atoms with Crippen molar-refractivity contribution in [3.05, 3.63) is 0 Å². The van der Waals surface area contributed by atoms with Gasteiger partial charge in [-0.3, -0.25) is 0 Å². The molecule has 52 heavy (non-hydrogen) atoms. The first kappa shape index (κ1) is 49.6. The average Bonchev–Trinajstić information content (AvgIpc) is 3.14. The molecule has 11 heteroatoms. The molecule has 1 aliphatic heterocycles. The van der Waals surface area contributed by atoms with E-state index in [2.05, 4.69) is 48.5 Å². The Hall–Kier alpha value is -0.440. The van der Waals surface area contributed by atoms with Gasteiger partial charge in [0, 0.05) is 46.2 Å². The van der Waals surface area contributed by atoms with Crippen molar-refractivity contribution in [3.8, 4) is 0 Å². The molecule has 0 spiro atoms. The lowest BCUT2D eigenvalue weighted by Gasteiger charge is -2.45. The predicted molar refractivity (Wildman–Crippen MR) is 206 cm³/mol. The molecule has 9 atom stereocenters. The second kappa shape index (κ2) is 33.9. The molecule has 1 heterocycles. The zero-order chi connectivity index (χ0) is 38.2. The largest absolute Gasteiger partial charge is 0.387 e. The van der Waals surface area contributed by atoms with E-state index >= 15 is 0 Å². The summed E-state index contributed by atoms with van der Waals surface area (Å²) in [5, 5.41) is 11.6. The van der Waals surface area contributed by atoms with Crippen LogP contribution >= 0.6 is 0 Å². The third-order valence-electron chi connectivity index (χ3n) is 9.10. The first-order chi connectivity index (χ1) is 25.4. The van der Waals surface area contributed by atoms with Crippen LogP contribution in [0.1, 0.15) is 145 Å². The van der Waals surface area contributed by atoms with E-state index in [4.69, 9.17) is 47.4 Å². The van der Waals surface area contributed by atoms with Crippen molar-refractivity contribution in [1.82, 2.24) is 0 Å². The Kier molecular flexibility index (Phi) is 32.3. The van der Waals surface area contributed by atoms with Gasteiger partial charge >= 0.3 is 0 Å². The maximum Gasteiger partial charge on any atom is 0.187 e. The average molecular weight is 751 g/mol. The van der Waals surface area contributed by atoms with Gasteiger partial charge in [-0.1, -0.05) is 93.4 Å². The van der Waals surface area contributed by atoms with Crippen LogP contribution in [-0.2, 0) is 47.4 Å². The SMILES string of the molecule is CCCCOCC1O[C@@H](O[C@@H](C)C(COCCCC)O[C@@H](OCCCC)[C@H](COCCCC)OCCCC)[C@@H](OCCCC)C(OCCCC)[C@H]1O. The molecule has 11 nitrogen and oxygen atoms in total. The number of unbranched alkanes of at least 4 members (excludes halogenated alkanes) is 7. The van der Waals surface area contributed by atoms with Crippen LogP contribution in [0.3, 0.4) is 0 Å². The molecule has 1 saturated heterocycles. The smallest absolute Gasteiger partial charge is 0.187 e. The molecular formula is C41H82O11. The number of aliphatic hydroxyl groups is 1. The first-order valence-electron chi connectivity index (χ1n) is 21.3. The van der Waals surface area contributed by atoms with Crippen molar-refractivity contribution in [3.63, 3.8) is 0 Å². The lowest BCUT2D eigenvalue weighted by Crippen LogP contribution is -2.62. The predicted octanol–water partition coefficient (Wildman–Crippen LogP) is 8.01. The van der Waals surface area contributed by atoms with E-state index in [1.807, 2.05) is 6.92 Å². The highest BCUT2D eigenvalue weighted by Gasteiger charge is 2.48. The van der Waals surface area contributed by atoms with Crippen LogP contribution in [0.5, 0.6) is 0 Å². The highest BCUT2D eigenvalue weighted by molar-refractivity contribution is 4.92. The minimum atomic E-state index is -0.935. The van der Waals surface area contributed by atoms with E-state index in [-0.39, 0.29) is 6.61 Å². The second-order valence-electron chi connectivity index (χ2n) is 14.1. The Morgan fingerprint density at radius 1 is 0.538 bits per heavy atom. The Morgan fingerprint density at radius 2 is 1.00 bits per heavy atom. The normalized spacial score (nSPS) is 23.1. The molecule has 0 aromatic rings. The van der Waals surface area contributed by atoms with Gasteiger partial charge in [-0.15, -0.1) is 0 Å². The molecule has 0 aliphatic carbocycles. The Bertz CT molecular complexity index is 762. The fraction of sp³-hybridized carbons (Fsp3) is 1.00. The summed E-state index contributed by atoms with van der Waals surface area (Å²) in [6.45, 7) is 21.8. The molecule has 0 amide bonds. The molecule has 0 aromatic heterocycles. The zero-order valence-corrected chi connectivity index (χ0v) is 34.7. The maximum atomic E-state index is 11.6. The molecule has 1 rings (SSSR count). The zero-order valence-electron chi connectivity index (χ0n) is 34.7. The summed E-state index contributed by atoms with van der Waals surface area (Å²) < 4.78 is 63.9. The van der Waals surface area contributed by atoms with Gasteiger partial charge in [0.05, 0.1) is 25.9 Å². The van der Waals surface area contributed by atoms with Gasteiger partial charge in [-0.05, 0) is 51.9 Å². The lowest BCUT2D eigenvalue weighted by molar-refractivity contribution is -0.338. The molecule has 1 fully saturated rings. The summed E-state index contributed by atoms with van der Waals surface area (Å²) in [7, 11) is 0. The maximum absolute atomic E-state index is 11.6. The number of hydrogen-bond acceptors (Lipinski definition) is 11. The molecule has 1 N–H and O–H groups in total. The summed E-state index contributed by atoms with van der Waals surface area (Å²) in [6, 6.07) is 0. The minimum absolute atomic E-state index is 0.229. The highest BCUT2D eigenvalue weighted by Crippen LogP contribution is 2.30.